The van der Waals surface area contributed by atoms with E-state index in [2.05, 4.69) is 15.9 Å². The molecule has 2 aromatic rings. The number of ether oxygens (including phenoxy) is 3. The fraction of sp³-hybridized carbons (Fsp3) is 0.393. The van der Waals surface area contributed by atoms with Crippen LogP contribution in [0.5, 0.6) is 11.5 Å². The summed E-state index contributed by atoms with van der Waals surface area (Å²) in [6.07, 6.45) is 1.67. The Morgan fingerprint density at radius 1 is 1.09 bits per heavy atom. The molecule has 6 nitrogen and oxygen atoms in total. The van der Waals surface area contributed by atoms with Crippen LogP contribution >= 0.6 is 15.9 Å². The number of ketones is 1. The molecular weight excluding hydrogens is 510 g/mol. The first kappa shape index (κ1) is 25.2. The van der Waals surface area contributed by atoms with Gasteiger partial charge in [0.2, 0.25) is 0 Å². The van der Waals surface area contributed by atoms with Gasteiger partial charge in [0.25, 0.3) is 0 Å². The zero-order valence-corrected chi connectivity index (χ0v) is 22.1. The van der Waals surface area contributed by atoms with Crippen molar-refractivity contribution < 1.29 is 23.8 Å². The van der Waals surface area contributed by atoms with E-state index in [-0.39, 0.29) is 17.7 Å². The number of rotatable bonds is 7. The lowest BCUT2D eigenvalue weighted by atomic mass is 9.69. The Morgan fingerprint density at radius 3 is 2.51 bits per heavy atom. The first-order valence-corrected chi connectivity index (χ1v) is 12.6. The van der Waals surface area contributed by atoms with Crippen molar-refractivity contribution in [1.82, 2.24) is 0 Å². The van der Waals surface area contributed by atoms with Crippen LogP contribution in [0.4, 0.5) is 0 Å². The Balaban J connectivity index is 1.77. The highest BCUT2D eigenvalue weighted by atomic mass is 79.9. The topological polar surface area (TPSA) is 74.2 Å². The smallest absolute Gasteiger partial charge is 0.315 e. The molecule has 2 aliphatic rings. The van der Waals surface area contributed by atoms with E-state index in [1.165, 1.54) is 0 Å². The van der Waals surface area contributed by atoms with Crippen LogP contribution in [-0.2, 0) is 14.3 Å². The predicted molar refractivity (Wildman–Crippen MR) is 138 cm³/mol. The first-order chi connectivity index (χ1) is 16.9. The number of halogens is 1. The van der Waals surface area contributed by atoms with Gasteiger partial charge in [0.15, 0.2) is 17.3 Å². The molecule has 0 saturated carbocycles. The third-order valence-corrected chi connectivity index (χ3v) is 7.43. The summed E-state index contributed by atoms with van der Waals surface area (Å²) >= 11 is 3.64. The molecule has 3 atom stereocenters. The predicted octanol–water partition coefficient (Wildman–Crippen LogP) is 5.99. The second-order valence-electron chi connectivity index (χ2n) is 8.90. The van der Waals surface area contributed by atoms with Gasteiger partial charge in [-0.25, -0.2) is 0 Å². The Kier molecular flexibility index (Phi) is 7.75. The summed E-state index contributed by atoms with van der Waals surface area (Å²) in [5.41, 5.74) is 3.94. The average molecular weight is 540 g/mol. The number of allylic oxidation sites excluding steroid dienone is 2. The average Bonchev–Trinajstić information content (AvgIpc) is 2.86. The molecule has 0 saturated heterocycles. The van der Waals surface area contributed by atoms with Gasteiger partial charge in [-0.05, 0) is 55.0 Å². The quantitative estimate of drug-likeness (QED) is 0.403. The van der Waals surface area contributed by atoms with Crippen molar-refractivity contribution in [1.29, 1.82) is 0 Å². The maximum absolute atomic E-state index is 13.7. The monoisotopic (exact) mass is 539 g/mol. The lowest BCUT2D eigenvalue weighted by molar-refractivity contribution is -0.146. The SMILES string of the molecule is CCCOC(=O)C1C(C)=NC2=C(C(=O)C[C@H](c3ccc(OC)c(OC)c3)C2)[C@H]1c1ccccc1Br. The van der Waals surface area contributed by atoms with Crippen molar-refractivity contribution in [2.75, 3.05) is 20.8 Å². The molecule has 1 unspecified atom stereocenters. The molecule has 1 aliphatic carbocycles. The third kappa shape index (κ3) is 4.92. The van der Waals surface area contributed by atoms with Gasteiger partial charge >= 0.3 is 5.97 Å². The van der Waals surface area contributed by atoms with Crippen LogP contribution in [0.15, 0.2) is 63.2 Å². The van der Waals surface area contributed by atoms with E-state index in [1.807, 2.05) is 56.3 Å². The molecule has 0 bridgehead atoms. The molecule has 2 aromatic carbocycles. The zero-order chi connectivity index (χ0) is 25.1. The number of nitrogens with zero attached hydrogens (tertiary/aromatic N) is 1. The summed E-state index contributed by atoms with van der Waals surface area (Å²) < 4.78 is 17.2. The summed E-state index contributed by atoms with van der Waals surface area (Å²) in [5, 5.41) is 0. The summed E-state index contributed by atoms with van der Waals surface area (Å²) in [5.74, 6) is -0.174. The molecule has 0 amide bonds. The van der Waals surface area contributed by atoms with Crippen LogP contribution in [0, 0.1) is 5.92 Å². The number of Topliss-reactive ketones (excluding diaryl/α,β-unsaturated/α-hetero) is 1. The number of carbonyl (C=O) groups excluding carboxylic acids is 2. The number of esters is 1. The van der Waals surface area contributed by atoms with Gasteiger partial charge in [-0.15, -0.1) is 0 Å². The van der Waals surface area contributed by atoms with Crippen LogP contribution in [0.1, 0.15) is 56.1 Å². The van der Waals surface area contributed by atoms with Crippen LogP contribution < -0.4 is 9.47 Å². The Bertz CT molecular complexity index is 1200. The van der Waals surface area contributed by atoms with Crippen molar-refractivity contribution in [3.8, 4) is 11.5 Å². The van der Waals surface area contributed by atoms with Crippen LogP contribution in [0.3, 0.4) is 0 Å². The first-order valence-electron chi connectivity index (χ1n) is 11.8. The number of methoxy groups -OCH3 is 2. The lowest BCUT2D eigenvalue weighted by Gasteiger charge is -2.37. The van der Waals surface area contributed by atoms with Gasteiger partial charge in [-0.1, -0.05) is 47.1 Å². The number of carbonyl (C=O) groups is 2. The van der Waals surface area contributed by atoms with Gasteiger partial charge in [-0.2, -0.15) is 0 Å². The maximum atomic E-state index is 13.7. The van der Waals surface area contributed by atoms with E-state index in [4.69, 9.17) is 19.2 Å². The zero-order valence-electron chi connectivity index (χ0n) is 20.5. The standard InChI is InChI=1S/C28H30BrNO5/c1-5-12-35-28(32)25-16(2)30-21-13-18(17-10-11-23(33-3)24(15-17)34-4)14-22(31)27(21)26(25)19-8-6-7-9-20(19)29/h6-11,15,18,25-26H,5,12-14H2,1-4H3/t18-,25?,26+/m1/s1. The van der Waals surface area contributed by atoms with Crippen LogP contribution in [0.25, 0.3) is 0 Å². The molecular formula is C28H30BrNO5. The van der Waals surface area contributed by atoms with E-state index in [1.54, 1.807) is 14.2 Å². The van der Waals surface area contributed by atoms with Gasteiger partial charge in [0.1, 0.15) is 5.92 Å². The molecule has 0 radical (unpaired) electrons. The number of benzene rings is 2. The largest absolute Gasteiger partial charge is 0.493 e. The number of aliphatic imine (C=N–C) groups is 1. The summed E-state index contributed by atoms with van der Waals surface area (Å²) in [7, 11) is 3.20. The second kappa shape index (κ2) is 10.8. The number of hydrogen-bond acceptors (Lipinski definition) is 6. The van der Waals surface area contributed by atoms with Crippen molar-refractivity contribution in [2.45, 2.75) is 44.9 Å². The highest BCUT2D eigenvalue weighted by Crippen LogP contribution is 2.48. The van der Waals surface area contributed by atoms with Crippen molar-refractivity contribution in [2.24, 2.45) is 10.9 Å². The van der Waals surface area contributed by atoms with Gasteiger partial charge < -0.3 is 14.2 Å². The summed E-state index contributed by atoms with van der Waals surface area (Å²) in [6.45, 7) is 4.16. The molecule has 7 heteroatoms. The minimum absolute atomic E-state index is 0.0105. The maximum Gasteiger partial charge on any atom is 0.315 e. The lowest BCUT2D eigenvalue weighted by Crippen LogP contribution is -2.38. The third-order valence-electron chi connectivity index (χ3n) is 6.71. The Morgan fingerprint density at radius 2 is 1.83 bits per heavy atom. The van der Waals surface area contributed by atoms with Crippen LogP contribution in [-0.4, -0.2) is 38.3 Å². The number of hydrogen-bond donors (Lipinski definition) is 0. The molecule has 1 heterocycles. The van der Waals surface area contributed by atoms with Gasteiger partial charge in [0.05, 0.1) is 20.8 Å². The summed E-state index contributed by atoms with van der Waals surface area (Å²) in [6, 6.07) is 13.5. The fourth-order valence-corrected chi connectivity index (χ4v) is 5.59. The van der Waals surface area contributed by atoms with E-state index < -0.39 is 11.8 Å². The fourth-order valence-electron chi connectivity index (χ4n) is 5.06. The molecule has 0 fully saturated rings. The minimum Gasteiger partial charge on any atom is -0.493 e. The molecule has 4 rings (SSSR count). The van der Waals surface area contributed by atoms with E-state index in [0.29, 0.717) is 42.2 Å². The van der Waals surface area contributed by atoms with E-state index in [0.717, 1.165) is 27.7 Å². The van der Waals surface area contributed by atoms with Crippen molar-refractivity contribution in [3.63, 3.8) is 0 Å². The Hall–Kier alpha value is -2.93. The van der Waals surface area contributed by atoms with E-state index >= 15 is 0 Å². The van der Waals surface area contributed by atoms with Crippen molar-refractivity contribution >= 4 is 33.4 Å². The molecule has 0 aromatic heterocycles. The highest BCUT2D eigenvalue weighted by Gasteiger charge is 2.45. The second-order valence-corrected chi connectivity index (χ2v) is 9.76. The minimum atomic E-state index is -0.638. The Labute approximate surface area is 214 Å². The van der Waals surface area contributed by atoms with Gasteiger partial charge in [-0.3, -0.25) is 14.6 Å². The molecule has 1 aliphatic heterocycles. The summed E-state index contributed by atoms with van der Waals surface area (Å²) in [4.78, 5) is 31.7. The molecule has 184 valence electrons. The van der Waals surface area contributed by atoms with Gasteiger partial charge in [0, 0.05) is 33.8 Å². The highest BCUT2D eigenvalue weighted by molar-refractivity contribution is 9.10. The molecule has 0 spiro atoms. The molecule has 35 heavy (non-hydrogen) atoms. The van der Waals surface area contributed by atoms with Crippen molar-refractivity contribution in [3.05, 3.63) is 69.3 Å². The van der Waals surface area contributed by atoms with Crippen LogP contribution in [0.2, 0.25) is 0 Å². The van der Waals surface area contributed by atoms with E-state index in [9.17, 15) is 9.59 Å². The normalized spacial score (nSPS) is 21.8. The molecule has 0 N–H and O–H groups in total.